The molecular weight excluding hydrogens is 410 g/mol. The van der Waals surface area contributed by atoms with Gasteiger partial charge in [-0.1, -0.05) is 11.6 Å². The van der Waals surface area contributed by atoms with Crippen LogP contribution in [0.3, 0.4) is 0 Å². The Balaban J connectivity index is 1.62. The van der Waals surface area contributed by atoms with Gasteiger partial charge in [0.25, 0.3) is 0 Å². The molecule has 1 unspecified atom stereocenters. The summed E-state index contributed by atoms with van der Waals surface area (Å²) in [5.41, 5.74) is 0.783. The summed E-state index contributed by atoms with van der Waals surface area (Å²) >= 11 is 7.47. The van der Waals surface area contributed by atoms with Crippen LogP contribution in [0.25, 0.3) is 10.9 Å². The predicted octanol–water partition coefficient (Wildman–Crippen LogP) is 3.33. The van der Waals surface area contributed by atoms with E-state index >= 15 is 0 Å². The molecular formula is C19H22ClN7OS. The largest absolute Gasteiger partial charge is 0.360 e. The minimum absolute atomic E-state index is 0.00467. The molecule has 10 heteroatoms. The number of carbonyl (C=O) groups is 1. The van der Waals surface area contributed by atoms with Crippen LogP contribution in [0.4, 0.5) is 11.6 Å². The smallest absolute Gasteiger partial charge is 0.217 e. The van der Waals surface area contributed by atoms with Crippen LogP contribution in [0.2, 0.25) is 4.34 Å². The third kappa shape index (κ3) is 4.40. The molecule has 4 rings (SSSR count). The number of nitrogens with one attached hydrogen (secondary N) is 2. The fraction of sp³-hybridized carbons (Fsp3) is 0.421. The molecule has 0 aliphatic carbocycles. The Morgan fingerprint density at radius 2 is 2.17 bits per heavy atom. The van der Waals surface area contributed by atoms with Crippen molar-refractivity contribution in [3.8, 4) is 0 Å². The third-order valence-electron chi connectivity index (χ3n) is 4.82. The lowest BCUT2D eigenvalue weighted by molar-refractivity contribution is -0.119. The molecule has 3 aromatic rings. The number of anilines is 2. The quantitative estimate of drug-likeness (QED) is 0.639. The van der Waals surface area contributed by atoms with Crippen LogP contribution in [0.1, 0.15) is 37.1 Å². The van der Waals surface area contributed by atoms with Crippen LogP contribution < -0.4 is 15.5 Å². The van der Waals surface area contributed by atoms with E-state index in [0.29, 0.717) is 10.2 Å². The highest BCUT2D eigenvalue weighted by Crippen LogP contribution is 2.30. The number of halogens is 1. The van der Waals surface area contributed by atoms with Crippen molar-refractivity contribution >= 4 is 51.4 Å². The third-order valence-corrected chi connectivity index (χ3v) is 6.12. The van der Waals surface area contributed by atoms with E-state index in [9.17, 15) is 4.79 Å². The van der Waals surface area contributed by atoms with Gasteiger partial charge in [0.15, 0.2) is 0 Å². The molecule has 0 aromatic carbocycles. The molecule has 1 saturated heterocycles. The summed E-state index contributed by atoms with van der Waals surface area (Å²) in [6.07, 6.45) is 4.34. The van der Waals surface area contributed by atoms with Gasteiger partial charge < -0.3 is 15.5 Å². The van der Waals surface area contributed by atoms with Gasteiger partial charge in [-0.25, -0.2) is 19.9 Å². The van der Waals surface area contributed by atoms with Crippen LogP contribution in [-0.4, -0.2) is 45.0 Å². The van der Waals surface area contributed by atoms with E-state index in [0.717, 1.165) is 47.1 Å². The Morgan fingerprint density at radius 3 is 2.90 bits per heavy atom. The lowest BCUT2D eigenvalue weighted by Gasteiger charge is -2.19. The molecule has 152 valence electrons. The van der Waals surface area contributed by atoms with Crippen LogP contribution >= 0.6 is 22.9 Å². The van der Waals surface area contributed by atoms with E-state index in [-0.39, 0.29) is 18.0 Å². The zero-order valence-electron chi connectivity index (χ0n) is 16.4. The number of thiazole rings is 1. The summed E-state index contributed by atoms with van der Waals surface area (Å²) < 4.78 is 0.659. The molecule has 0 radical (unpaired) electrons. The maximum Gasteiger partial charge on any atom is 0.217 e. The standard InChI is InChI=1S/C19H22ClN7OS/c1-10(19-22-8-16(20)29-19)23-18-14-6-17(21-7-15(14)24-11(2)25-18)27-5-4-13(9-27)26-12(3)28/h6-8,10,13H,4-5,9H2,1-3H3,(H,26,28)(H,23,24,25)/t10?,13-/m1/s1. The van der Waals surface area contributed by atoms with Crippen LogP contribution in [0.5, 0.6) is 0 Å². The summed E-state index contributed by atoms with van der Waals surface area (Å²) in [5, 5.41) is 8.22. The van der Waals surface area contributed by atoms with Crippen molar-refractivity contribution in [1.82, 2.24) is 25.3 Å². The molecule has 4 heterocycles. The van der Waals surface area contributed by atoms with E-state index in [1.807, 2.05) is 19.9 Å². The highest BCUT2D eigenvalue weighted by Gasteiger charge is 2.24. The van der Waals surface area contributed by atoms with Crippen molar-refractivity contribution in [1.29, 1.82) is 0 Å². The number of nitrogens with zero attached hydrogens (tertiary/aromatic N) is 5. The zero-order chi connectivity index (χ0) is 20.5. The second kappa shape index (κ2) is 8.08. The lowest BCUT2D eigenvalue weighted by Crippen LogP contribution is -2.35. The predicted molar refractivity (Wildman–Crippen MR) is 116 cm³/mol. The highest BCUT2D eigenvalue weighted by atomic mass is 35.5. The summed E-state index contributed by atoms with van der Waals surface area (Å²) in [7, 11) is 0. The van der Waals surface area contributed by atoms with Gasteiger partial charge in [-0.15, -0.1) is 11.3 Å². The van der Waals surface area contributed by atoms with Gasteiger partial charge in [0.2, 0.25) is 5.91 Å². The fourth-order valence-corrected chi connectivity index (χ4v) is 4.46. The molecule has 0 saturated carbocycles. The molecule has 1 amide bonds. The number of fused-ring (bicyclic) bond motifs is 1. The van der Waals surface area contributed by atoms with Crippen LogP contribution in [0, 0.1) is 6.92 Å². The second-order valence-electron chi connectivity index (χ2n) is 7.18. The van der Waals surface area contributed by atoms with Gasteiger partial charge in [-0.3, -0.25) is 4.79 Å². The second-order valence-corrected chi connectivity index (χ2v) is 8.87. The Hall–Kier alpha value is -2.52. The van der Waals surface area contributed by atoms with E-state index in [4.69, 9.17) is 11.6 Å². The first-order chi connectivity index (χ1) is 13.9. The first-order valence-electron chi connectivity index (χ1n) is 9.43. The van der Waals surface area contributed by atoms with E-state index in [1.165, 1.54) is 11.3 Å². The average Bonchev–Trinajstić information content (AvgIpc) is 3.30. The van der Waals surface area contributed by atoms with Crippen molar-refractivity contribution in [3.05, 3.63) is 33.6 Å². The molecule has 8 nitrogen and oxygen atoms in total. The van der Waals surface area contributed by atoms with Gasteiger partial charge in [-0.2, -0.15) is 0 Å². The minimum atomic E-state index is -0.0439. The van der Waals surface area contributed by atoms with Crippen LogP contribution in [0.15, 0.2) is 18.5 Å². The number of carbonyl (C=O) groups excluding carboxylic acids is 1. The molecule has 1 fully saturated rings. The molecule has 2 N–H and O–H groups in total. The van der Waals surface area contributed by atoms with Crippen molar-refractivity contribution in [3.63, 3.8) is 0 Å². The molecule has 29 heavy (non-hydrogen) atoms. The Kier molecular flexibility index (Phi) is 5.51. The molecule has 0 spiro atoms. The van der Waals surface area contributed by atoms with Crippen molar-refractivity contribution in [2.24, 2.45) is 0 Å². The van der Waals surface area contributed by atoms with Crippen molar-refractivity contribution in [2.75, 3.05) is 23.3 Å². The molecule has 3 aromatic heterocycles. The summed E-state index contributed by atoms with van der Waals surface area (Å²) in [6.45, 7) is 7.01. The molecule has 0 bridgehead atoms. The van der Waals surface area contributed by atoms with Gasteiger partial charge >= 0.3 is 0 Å². The highest BCUT2D eigenvalue weighted by molar-refractivity contribution is 7.15. The maximum absolute atomic E-state index is 11.3. The summed E-state index contributed by atoms with van der Waals surface area (Å²) in [5.74, 6) is 2.26. The summed E-state index contributed by atoms with van der Waals surface area (Å²) in [4.78, 5) is 31.6. The number of hydrogen-bond donors (Lipinski definition) is 2. The Bertz CT molecular complexity index is 1060. The first-order valence-corrected chi connectivity index (χ1v) is 10.6. The number of pyridine rings is 1. The number of amides is 1. The van der Waals surface area contributed by atoms with Gasteiger partial charge in [0.05, 0.1) is 24.0 Å². The molecule has 2 atom stereocenters. The van der Waals surface area contributed by atoms with E-state index in [2.05, 4.69) is 35.5 Å². The van der Waals surface area contributed by atoms with E-state index < -0.39 is 0 Å². The topological polar surface area (TPSA) is 95.9 Å². The number of hydrogen-bond acceptors (Lipinski definition) is 8. The molecule has 1 aliphatic heterocycles. The summed E-state index contributed by atoms with van der Waals surface area (Å²) in [6, 6.07) is 2.11. The maximum atomic E-state index is 11.3. The lowest BCUT2D eigenvalue weighted by atomic mass is 10.2. The van der Waals surface area contributed by atoms with E-state index in [1.54, 1.807) is 19.3 Å². The van der Waals surface area contributed by atoms with Gasteiger partial charge in [0.1, 0.15) is 26.8 Å². The monoisotopic (exact) mass is 431 g/mol. The zero-order valence-corrected chi connectivity index (χ0v) is 18.0. The van der Waals surface area contributed by atoms with Crippen molar-refractivity contribution in [2.45, 2.75) is 39.3 Å². The normalized spacial score (nSPS) is 17.5. The van der Waals surface area contributed by atoms with Crippen molar-refractivity contribution < 1.29 is 4.79 Å². The fourth-order valence-electron chi connectivity index (χ4n) is 3.53. The first kappa shape index (κ1) is 19.8. The average molecular weight is 432 g/mol. The number of aryl methyl sites for hydroxylation is 1. The Morgan fingerprint density at radius 1 is 1.34 bits per heavy atom. The van der Waals surface area contributed by atoms with Gasteiger partial charge in [0, 0.05) is 31.4 Å². The number of aromatic nitrogens is 4. The SMILES string of the molecule is CC(=O)N[C@@H]1CCN(c2cc3c(NC(C)c4ncc(Cl)s4)nc(C)nc3cn2)C1. The minimum Gasteiger partial charge on any atom is -0.360 e. The van der Waals surface area contributed by atoms with Gasteiger partial charge in [-0.05, 0) is 26.3 Å². The Labute approximate surface area is 177 Å². The molecule has 1 aliphatic rings. The van der Waals surface area contributed by atoms with Crippen LogP contribution in [-0.2, 0) is 4.79 Å². The number of rotatable bonds is 5.